The zero-order chi connectivity index (χ0) is 13.8. The maximum Gasteiger partial charge on any atom is 0.225 e. The molecule has 2 N–H and O–H groups in total. The standard InChI is InChI=1S/C15H22N2O2/c1-10(2)17-15(18)14-9-16-8-13(14)11-5-4-6-12(7-11)19-3/h4-7,10,13-14,16H,8-9H2,1-3H3,(H,17,18). The minimum Gasteiger partial charge on any atom is -0.497 e. The lowest BCUT2D eigenvalue weighted by Gasteiger charge is -2.20. The van der Waals surface area contributed by atoms with Crippen molar-refractivity contribution in [3.63, 3.8) is 0 Å². The summed E-state index contributed by atoms with van der Waals surface area (Å²) in [6.07, 6.45) is 0. The van der Waals surface area contributed by atoms with Crippen molar-refractivity contribution in [3.8, 4) is 5.75 Å². The van der Waals surface area contributed by atoms with E-state index in [9.17, 15) is 4.79 Å². The lowest BCUT2D eigenvalue weighted by atomic mass is 9.88. The number of carbonyl (C=O) groups is 1. The molecule has 1 heterocycles. The summed E-state index contributed by atoms with van der Waals surface area (Å²) in [7, 11) is 1.66. The number of nitrogens with one attached hydrogen (secondary N) is 2. The van der Waals surface area contributed by atoms with Gasteiger partial charge in [-0.15, -0.1) is 0 Å². The molecule has 1 amide bonds. The van der Waals surface area contributed by atoms with Gasteiger partial charge in [-0.2, -0.15) is 0 Å². The van der Waals surface area contributed by atoms with Gasteiger partial charge in [0.1, 0.15) is 5.75 Å². The number of methoxy groups -OCH3 is 1. The fourth-order valence-electron chi connectivity index (χ4n) is 2.57. The van der Waals surface area contributed by atoms with Gasteiger partial charge in [-0.25, -0.2) is 0 Å². The average Bonchev–Trinajstić information content (AvgIpc) is 2.87. The summed E-state index contributed by atoms with van der Waals surface area (Å²) in [6.45, 7) is 5.55. The molecule has 1 saturated heterocycles. The van der Waals surface area contributed by atoms with Gasteiger partial charge < -0.3 is 15.4 Å². The van der Waals surface area contributed by atoms with E-state index in [2.05, 4.69) is 16.7 Å². The van der Waals surface area contributed by atoms with E-state index in [0.29, 0.717) is 0 Å². The molecule has 0 saturated carbocycles. The predicted molar refractivity (Wildman–Crippen MR) is 75.4 cm³/mol. The molecule has 1 aromatic rings. The van der Waals surface area contributed by atoms with E-state index in [0.717, 1.165) is 24.4 Å². The van der Waals surface area contributed by atoms with Crippen LogP contribution in [-0.4, -0.2) is 32.1 Å². The summed E-state index contributed by atoms with van der Waals surface area (Å²) in [6, 6.07) is 8.17. The highest BCUT2D eigenvalue weighted by molar-refractivity contribution is 5.80. The Kier molecular flexibility index (Phi) is 4.43. The Morgan fingerprint density at radius 1 is 1.42 bits per heavy atom. The van der Waals surface area contributed by atoms with Crippen LogP contribution in [0, 0.1) is 5.92 Å². The Hall–Kier alpha value is -1.55. The van der Waals surface area contributed by atoms with E-state index in [1.807, 2.05) is 32.0 Å². The van der Waals surface area contributed by atoms with Crippen molar-refractivity contribution in [1.82, 2.24) is 10.6 Å². The van der Waals surface area contributed by atoms with Gasteiger partial charge in [0.25, 0.3) is 0 Å². The molecule has 1 aromatic carbocycles. The Morgan fingerprint density at radius 3 is 2.89 bits per heavy atom. The second-order valence-corrected chi connectivity index (χ2v) is 5.31. The maximum atomic E-state index is 12.2. The zero-order valence-corrected chi connectivity index (χ0v) is 11.8. The van der Waals surface area contributed by atoms with Crippen LogP contribution >= 0.6 is 0 Å². The quantitative estimate of drug-likeness (QED) is 0.865. The highest BCUT2D eigenvalue weighted by atomic mass is 16.5. The van der Waals surface area contributed by atoms with Crippen molar-refractivity contribution >= 4 is 5.91 Å². The fraction of sp³-hybridized carbons (Fsp3) is 0.533. The minimum absolute atomic E-state index is 0.00509. The first-order valence-electron chi connectivity index (χ1n) is 6.77. The first-order chi connectivity index (χ1) is 9.11. The summed E-state index contributed by atoms with van der Waals surface area (Å²) < 4.78 is 5.25. The lowest BCUT2D eigenvalue weighted by Crippen LogP contribution is -2.38. The van der Waals surface area contributed by atoms with E-state index >= 15 is 0 Å². The molecule has 4 nitrogen and oxygen atoms in total. The van der Waals surface area contributed by atoms with Crippen molar-refractivity contribution in [1.29, 1.82) is 0 Å². The number of benzene rings is 1. The van der Waals surface area contributed by atoms with Gasteiger partial charge in [-0.1, -0.05) is 12.1 Å². The minimum atomic E-state index is -0.00509. The molecule has 0 radical (unpaired) electrons. The number of hydrogen-bond donors (Lipinski definition) is 2. The largest absolute Gasteiger partial charge is 0.497 e. The lowest BCUT2D eigenvalue weighted by molar-refractivity contribution is -0.125. The van der Waals surface area contributed by atoms with Crippen molar-refractivity contribution in [3.05, 3.63) is 29.8 Å². The molecular formula is C15H22N2O2. The van der Waals surface area contributed by atoms with Gasteiger partial charge in [0, 0.05) is 25.0 Å². The van der Waals surface area contributed by atoms with Crippen LogP contribution in [0.4, 0.5) is 0 Å². The summed E-state index contributed by atoms with van der Waals surface area (Å²) >= 11 is 0. The van der Waals surface area contributed by atoms with Crippen LogP contribution in [0.15, 0.2) is 24.3 Å². The highest BCUT2D eigenvalue weighted by Gasteiger charge is 2.34. The summed E-state index contributed by atoms with van der Waals surface area (Å²) in [5.74, 6) is 1.18. The molecule has 104 valence electrons. The SMILES string of the molecule is COc1cccc(C2CNCC2C(=O)NC(C)C)c1. The predicted octanol–water partition coefficient (Wildman–Crippen LogP) is 1.52. The number of ether oxygens (including phenoxy) is 1. The van der Waals surface area contributed by atoms with Gasteiger partial charge in [-0.3, -0.25) is 4.79 Å². The Bertz CT molecular complexity index is 446. The molecule has 0 spiro atoms. The van der Waals surface area contributed by atoms with E-state index in [-0.39, 0.29) is 23.8 Å². The van der Waals surface area contributed by atoms with Crippen molar-refractivity contribution in [2.45, 2.75) is 25.8 Å². The summed E-state index contributed by atoms with van der Waals surface area (Å²) in [5.41, 5.74) is 1.16. The summed E-state index contributed by atoms with van der Waals surface area (Å²) in [4.78, 5) is 12.2. The molecule has 1 fully saturated rings. The Labute approximate surface area is 114 Å². The van der Waals surface area contributed by atoms with Gasteiger partial charge >= 0.3 is 0 Å². The number of rotatable bonds is 4. The molecule has 19 heavy (non-hydrogen) atoms. The van der Waals surface area contributed by atoms with Crippen molar-refractivity contribution in [2.75, 3.05) is 20.2 Å². The van der Waals surface area contributed by atoms with Crippen molar-refractivity contribution in [2.24, 2.45) is 5.92 Å². The molecule has 2 atom stereocenters. The third-order valence-electron chi connectivity index (χ3n) is 3.50. The summed E-state index contributed by atoms with van der Waals surface area (Å²) in [5, 5.41) is 6.31. The van der Waals surface area contributed by atoms with Crippen LogP contribution in [-0.2, 0) is 4.79 Å². The topological polar surface area (TPSA) is 50.4 Å². The van der Waals surface area contributed by atoms with Crippen molar-refractivity contribution < 1.29 is 9.53 Å². The third kappa shape index (κ3) is 3.26. The first kappa shape index (κ1) is 13.9. The highest BCUT2D eigenvalue weighted by Crippen LogP contribution is 2.30. The third-order valence-corrected chi connectivity index (χ3v) is 3.50. The van der Waals surface area contributed by atoms with Crippen LogP contribution < -0.4 is 15.4 Å². The zero-order valence-electron chi connectivity index (χ0n) is 11.8. The maximum absolute atomic E-state index is 12.2. The van der Waals surface area contributed by atoms with Gasteiger partial charge in [0.05, 0.1) is 13.0 Å². The van der Waals surface area contributed by atoms with Crippen LogP contribution in [0.1, 0.15) is 25.3 Å². The molecule has 2 unspecified atom stereocenters. The molecule has 1 aliphatic rings. The van der Waals surface area contributed by atoms with E-state index in [1.54, 1.807) is 7.11 Å². The van der Waals surface area contributed by atoms with Gasteiger partial charge in [0.2, 0.25) is 5.91 Å². The first-order valence-corrected chi connectivity index (χ1v) is 6.77. The molecule has 0 aliphatic carbocycles. The molecule has 0 bridgehead atoms. The molecular weight excluding hydrogens is 240 g/mol. The van der Waals surface area contributed by atoms with E-state index in [4.69, 9.17) is 4.74 Å². The molecule has 0 aromatic heterocycles. The van der Waals surface area contributed by atoms with Crippen LogP contribution in [0.2, 0.25) is 0 Å². The van der Waals surface area contributed by atoms with E-state index < -0.39 is 0 Å². The van der Waals surface area contributed by atoms with Gasteiger partial charge in [0.15, 0.2) is 0 Å². The fourth-order valence-corrected chi connectivity index (χ4v) is 2.57. The normalized spacial score (nSPS) is 22.5. The molecule has 2 rings (SSSR count). The van der Waals surface area contributed by atoms with Gasteiger partial charge in [-0.05, 0) is 31.5 Å². The van der Waals surface area contributed by atoms with Crippen LogP contribution in [0.5, 0.6) is 5.75 Å². The average molecular weight is 262 g/mol. The number of hydrogen-bond acceptors (Lipinski definition) is 3. The Balaban J connectivity index is 2.15. The number of amides is 1. The second kappa shape index (κ2) is 6.06. The van der Waals surface area contributed by atoms with Crippen LogP contribution in [0.25, 0.3) is 0 Å². The number of carbonyl (C=O) groups excluding carboxylic acids is 1. The smallest absolute Gasteiger partial charge is 0.225 e. The molecule has 4 heteroatoms. The van der Waals surface area contributed by atoms with E-state index in [1.165, 1.54) is 0 Å². The molecule has 1 aliphatic heterocycles. The second-order valence-electron chi connectivity index (χ2n) is 5.31. The Morgan fingerprint density at radius 2 is 2.21 bits per heavy atom. The van der Waals surface area contributed by atoms with Crippen LogP contribution in [0.3, 0.4) is 0 Å². The monoisotopic (exact) mass is 262 g/mol.